The predicted molar refractivity (Wildman–Crippen MR) is 88.9 cm³/mol. The minimum absolute atomic E-state index is 0.202. The summed E-state index contributed by atoms with van der Waals surface area (Å²) in [4.78, 5) is 11.1. The largest absolute Gasteiger partial charge is 0.370 e. The van der Waals surface area contributed by atoms with Crippen molar-refractivity contribution in [1.82, 2.24) is 9.97 Å². The number of anilines is 2. The van der Waals surface area contributed by atoms with E-state index in [0.29, 0.717) is 0 Å². The van der Waals surface area contributed by atoms with Crippen molar-refractivity contribution < 1.29 is 4.39 Å². The van der Waals surface area contributed by atoms with Gasteiger partial charge < -0.3 is 10.2 Å². The van der Waals surface area contributed by atoms with Crippen molar-refractivity contribution in [2.45, 2.75) is 27.2 Å². The van der Waals surface area contributed by atoms with Crippen LogP contribution in [0, 0.1) is 12.7 Å². The molecule has 22 heavy (non-hydrogen) atoms. The zero-order valence-electron chi connectivity index (χ0n) is 13.4. The van der Waals surface area contributed by atoms with E-state index in [4.69, 9.17) is 0 Å². The minimum Gasteiger partial charge on any atom is -0.370 e. The fraction of sp³-hybridized carbons (Fsp3) is 0.412. The van der Waals surface area contributed by atoms with Crippen LogP contribution in [0.1, 0.15) is 25.2 Å². The Bertz CT molecular complexity index is 594. The SMILES string of the molecule is CCN(CC)c1cc(NCCc2ccc(F)cc2)nc(C)n1. The monoisotopic (exact) mass is 302 g/mol. The summed E-state index contributed by atoms with van der Waals surface area (Å²) in [6, 6.07) is 8.57. The maximum Gasteiger partial charge on any atom is 0.134 e. The normalized spacial score (nSPS) is 10.5. The lowest BCUT2D eigenvalue weighted by molar-refractivity contribution is 0.627. The van der Waals surface area contributed by atoms with Crippen LogP contribution >= 0.6 is 0 Å². The predicted octanol–water partition coefficient (Wildman–Crippen LogP) is 3.42. The Morgan fingerprint density at radius 1 is 1.09 bits per heavy atom. The Morgan fingerprint density at radius 3 is 2.41 bits per heavy atom. The summed E-state index contributed by atoms with van der Waals surface area (Å²) in [5, 5.41) is 3.32. The highest BCUT2D eigenvalue weighted by Crippen LogP contribution is 2.15. The van der Waals surface area contributed by atoms with Gasteiger partial charge in [0.15, 0.2) is 0 Å². The van der Waals surface area contributed by atoms with Crippen LogP contribution in [-0.2, 0) is 6.42 Å². The highest BCUT2D eigenvalue weighted by atomic mass is 19.1. The van der Waals surface area contributed by atoms with Crippen LogP contribution < -0.4 is 10.2 Å². The molecule has 0 amide bonds. The van der Waals surface area contributed by atoms with Gasteiger partial charge in [0.2, 0.25) is 0 Å². The number of aromatic nitrogens is 2. The average Bonchev–Trinajstić information content (AvgIpc) is 2.50. The summed E-state index contributed by atoms with van der Waals surface area (Å²) in [5.74, 6) is 2.33. The summed E-state index contributed by atoms with van der Waals surface area (Å²) in [5.41, 5.74) is 1.10. The van der Waals surface area contributed by atoms with Gasteiger partial charge in [0.1, 0.15) is 23.3 Å². The number of hydrogen-bond acceptors (Lipinski definition) is 4. The molecule has 2 aromatic rings. The van der Waals surface area contributed by atoms with Crippen LogP contribution in [-0.4, -0.2) is 29.6 Å². The van der Waals surface area contributed by atoms with Gasteiger partial charge in [-0.05, 0) is 44.9 Å². The summed E-state index contributed by atoms with van der Waals surface area (Å²) in [6.45, 7) is 8.72. The van der Waals surface area contributed by atoms with Crippen LogP contribution in [0.4, 0.5) is 16.0 Å². The van der Waals surface area contributed by atoms with Crippen molar-refractivity contribution in [3.8, 4) is 0 Å². The van der Waals surface area contributed by atoms with Crippen molar-refractivity contribution in [3.05, 3.63) is 47.5 Å². The van der Waals surface area contributed by atoms with Crippen molar-refractivity contribution in [2.24, 2.45) is 0 Å². The molecule has 0 atom stereocenters. The topological polar surface area (TPSA) is 41.0 Å². The number of aryl methyl sites for hydroxylation is 1. The second-order valence-electron chi connectivity index (χ2n) is 5.13. The number of nitrogens with zero attached hydrogens (tertiary/aromatic N) is 3. The molecule has 0 bridgehead atoms. The van der Waals surface area contributed by atoms with E-state index in [1.807, 2.05) is 25.1 Å². The van der Waals surface area contributed by atoms with Crippen LogP contribution in [0.5, 0.6) is 0 Å². The zero-order valence-corrected chi connectivity index (χ0v) is 13.4. The van der Waals surface area contributed by atoms with Crippen LogP contribution in [0.2, 0.25) is 0 Å². The molecule has 118 valence electrons. The van der Waals surface area contributed by atoms with Gasteiger partial charge in [0.25, 0.3) is 0 Å². The van der Waals surface area contributed by atoms with Crippen LogP contribution in [0.15, 0.2) is 30.3 Å². The number of nitrogens with one attached hydrogen (secondary N) is 1. The van der Waals surface area contributed by atoms with Gasteiger partial charge in [-0.1, -0.05) is 12.1 Å². The third-order valence-corrected chi connectivity index (χ3v) is 3.54. The first kappa shape index (κ1) is 16.2. The van der Waals surface area contributed by atoms with Gasteiger partial charge in [-0.25, -0.2) is 14.4 Å². The lowest BCUT2D eigenvalue weighted by Gasteiger charge is -2.20. The van der Waals surface area contributed by atoms with E-state index in [1.165, 1.54) is 12.1 Å². The molecule has 1 aromatic heterocycles. The molecule has 0 fully saturated rings. The molecule has 1 heterocycles. The standard InChI is InChI=1S/C17H23FN4/c1-4-22(5-2)17-12-16(20-13(3)21-17)19-11-10-14-6-8-15(18)9-7-14/h6-9,12H,4-5,10-11H2,1-3H3,(H,19,20,21). The fourth-order valence-electron chi connectivity index (χ4n) is 2.34. The molecule has 1 N–H and O–H groups in total. The molecule has 0 unspecified atom stereocenters. The van der Waals surface area contributed by atoms with Crippen molar-refractivity contribution in [1.29, 1.82) is 0 Å². The van der Waals surface area contributed by atoms with E-state index in [1.54, 1.807) is 0 Å². The molecule has 0 radical (unpaired) electrons. The Labute approximate surface area is 131 Å². The first-order valence-electron chi connectivity index (χ1n) is 7.71. The van der Waals surface area contributed by atoms with Crippen LogP contribution in [0.3, 0.4) is 0 Å². The first-order valence-corrected chi connectivity index (χ1v) is 7.71. The Hall–Kier alpha value is -2.17. The fourth-order valence-corrected chi connectivity index (χ4v) is 2.34. The third kappa shape index (κ3) is 4.41. The van der Waals surface area contributed by atoms with Gasteiger partial charge in [0.05, 0.1) is 0 Å². The van der Waals surface area contributed by atoms with Crippen molar-refractivity contribution in [2.75, 3.05) is 29.9 Å². The van der Waals surface area contributed by atoms with Crippen molar-refractivity contribution >= 4 is 11.6 Å². The second kappa shape index (κ2) is 7.73. The van der Waals surface area contributed by atoms with E-state index in [9.17, 15) is 4.39 Å². The first-order chi connectivity index (χ1) is 10.6. The second-order valence-corrected chi connectivity index (χ2v) is 5.13. The van der Waals surface area contributed by atoms with Gasteiger partial charge in [0, 0.05) is 25.7 Å². The summed E-state index contributed by atoms with van der Waals surface area (Å²) >= 11 is 0. The van der Waals surface area contributed by atoms with Gasteiger partial charge in [-0.15, -0.1) is 0 Å². The smallest absolute Gasteiger partial charge is 0.134 e. The minimum atomic E-state index is -0.202. The molecule has 5 heteroatoms. The Balaban J connectivity index is 1.98. The highest BCUT2D eigenvalue weighted by molar-refractivity contribution is 5.49. The Kier molecular flexibility index (Phi) is 5.69. The highest BCUT2D eigenvalue weighted by Gasteiger charge is 2.07. The average molecular weight is 302 g/mol. The van der Waals surface area contributed by atoms with Gasteiger partial charge in [-0.2, -0.15) is 0 Å². The van der Waals surface area contributed by atoms with Gasteiger partial charge >= 0.3 is 0 Å². The molecule has 0 aliphatic carbocycles. The molecule has 0 aliphatic heterocycles. The summed E-state index contributed by atoms with van der Waals surface area (Å²) in [6.07, 6.45) is 0.823. The molecule has 0 saturated carbocycles. The quantitative estimate of drug-likeness (QED) is 0.851. The number of hydrogen-bond donors (Lipinski definition) is 1. The van der Waals surface area contributed by atoms with E-state index in [0.717, 1.165) is 49.1 Å². The summed E-state index contributed by atoms with van der Waals surface area (Å²) < 4.78 is 12.9. The zero-order chi connectivity index (χ0) is 15.9. The molecule has 2 rings (SSSR count). The summed E-state index contributed by atoms with van der Waals surface area (Å²) in [7, 11) is 0. The van der Waals surface area contributed by atoms with E-state index in [2.05, 4.69) is 34.0 Å². The number of benzene rings is 1. The van der Waals surface area contributed by atoms with E-state index in [-0.39, 0.29) is 5.82 Å². The molecule has 0 saturated heterocycles. The molecular weight excluding hydrogens is 279 g/mol. The van der Waals surface area contributed by atoms with E-state index >= 15 is 0 Å². The molecule has 0 spiro atoms. The molecular formula is C17H23FN4. The molecule has 1 aromatic carbocycles. The molecule has 4 nitrogen and oxygen atoms in total. The number of halogens is 1. The number of rotatable bonds is 7. The molecule has 0 aliphatic rings. The third-order valence-electron chi connectivity index (χ3n) is 3.54. The maximum absolute atomic E-state index is 12.9. The van der Waals surface area contributed by atoms with Crippen molar-refractivity contribution in [3.63, 3.8) is 0 Å². The Morgan fingerprint density at radius 2 is 1.77 bits per heavy atom. The lowest BCUT2D eigenvalue weighted by Crippen LogP contribution is -2.23. The lowest BCUT2D eigenvalue weighted by atomic mass is 10.1. The van der Waals surface area contributed by atoms with E-state index < -0.39 is 0 Å². The van der Waals surface area contributed by atoms with Gasteiger partial charge in [-0.3, -0.25) is 0 Å². The van der Waals surface area contributed by atoms with Crippen LogP contribution in [0.25, 0.3) is 0 Å². The maximum atomic E-state index is 12.9.